The van der Waals surface area contributed by atoms with Crippen LogP contribution in [0.2, 0.25) is 0 Å². The van der Waals surface area contributed by atoms with Crippen molar-refractivity contribution < 1.29 is 9.90 Å². The number of nitrogens with one attached hydrogen (secondary N) is 1. The van der Waals surface area contributed by atoms with E-state index in [0.29, 0.717) is 5.41 Å². The van der Waals surface area contributed by atoms with Gasteiger partial charge in [0.2, 0.25) is 6.41 Å². The maximum Gasteiger partial charge on any atom is 0.204 e. The Bertz CT molecular complexity index is 322. The van der Waals surface area contributed by atoms with E-state index < -0.39 is 0 Å². The number of nitrogens with two attached hydrogens (primary N) is 1. The van der Waals surface area contributed by atoms with E-state index in [1.54, 1.807) is 0 Å². The lowest BCUT2D eigenvalue weighted by Crippen LogP contribution is -2.39. The average Bonchev–Trinajstić information content (AvgIpc) is 2.52. The van der Waals surface area contributed by atoms with Crippen LogP contribution in [-0.4, -0.2) is 31.7 Å². The summed E-state index contributed by atoms with van der Waals surface area (Å²) in [6.07, 6.45) is 4.08. The molecule has 0 unspecified atom stereocenters. The van der Waals surface area contributed by atoms with Gasteiger partial charge in [-0.1, -0.05) is 37.3 Å². The van der Waals surface area contributed by atoms with Crippen molar-refractivity contribution in [1.82, 2.24) is 5.32 Å². The number of carbonyl (C=O) groups is 1. The Morgan fingerprint density at radius 3 is 2.16 bits per heavy atom. The van der Waals surface area contributed by atoms with Crippen molar-refractivity contribution in [3.05, 3.63) is 35.9 Å². The summed E-state index contributed by atoms with van der Waals surface area (Å²) in [5.41, 5.74) is 6.15. The number of benzene rings is 1. The van der Waals surface area contributed by atoms with Crippen LogP contribution in [0.25, 0.3) is 0 Å². The first kappa shape index (κ1) is 17.6. The van der Waals surface area contributed by atoms with E-state index >= 15 is 0 Å². The molecular formula is C15H26N2O2. The Morgan fingerprint density at radius 1 is 1.26 bits per heavy atom. The van der Waals surface area contributed by atoms with Crippen LogP contribution < -0.4 is 11.1 Å². The molecule has 4 nitrogen and oxygen atoms in total. The van der Waals surface area contributed by atoms with E-state index in [0.717, 1.165) is 7.11 Å². The van der Waals surface area contributed by atoms with Gasteiger partial charge in [-0.3, -0.25) is 4.79 Å². The van der Waals surface area contributed by atoms with Gasteiger partial charge in [-0.25, -0.2) is 0 Å². The highest BCUT2D eigenvalue weighted by Gasteiger charge is 2.31. The molecule has 0 saturated carbocycles. The van der Waals surface area contributed by atoms with Crippen molar-refractivity contribution in [3.8, 4) is 0 Å². The van der Waals surface area contributed by atoms with Crippen LogP contribution in [-0.2, 0) is 10.2 Å². The normalized spacial score (nSPS) is 16.2. The Morgan fingerprint density at radius 2 is 1.74 bits per heavy atom. The number of amides is 1. The zero-order valence-electron chi connectivity index (χ0n) is 11.9. The minimum absolute atomic E-state index is 0.250. The summed E-state index contributed by atoms with van der Waals surface area (Å²) in [6, 6.07) is 11.0. The molecule has 2 rings (SSSR count). The van der Waals surface area contributed by atoms with Gasteiger partial charge in [0.05, 0.1) is 0 Å². The van der Waals surface area contributed by atoms with Gasteiger partial charge in [-0.2, -0.15) is 0 Å². The summed E-state index contributed by atoms with van der Waals surface area (Å²) in [4.78, 5) is 8.58. The standard InChI is InChI=1S/C13H19N.CH3NO.CH4O/c1-2-13(8-10-14-11-9-13)12-6-4-3-5-7-12;2-1-3;1-2/h3-7,14H,2,8-11H2,1H3;1H,(H2,2,3);2H,1H3. The molecule has 1 aliphatic heterocycles. The van der Waals surface area contributed by atoms with Crippen LogP contribution in [0.15, 0.2) is 30.3 Å². The summed E-state index contributed by atoms with van der Waals surface area (Å²) in [5.74, 6) is 0. The van der Waals surface area contributed by atoms with E-state index in [4.69, 9.17) is 9.90 Å². The third-order valence-corrected chi connectivity index (χ3v) is 3.62. The van der Waals surface area contributed by atoms with E-state index in [1.807, 2.05) is 0 Å². The number of hydrogen-bond acceptors (Lipinski definition) is 3. The first-order valence-corrected chi connectivity index (χ1v) is 6.65. The molecule has 1 aromatic carbocycles. The van der Waals surface area contributed by atoms with Gasteiger partial charge in [-0.15, -0.1) is 0 Å². The highest BCUT2D eigenvalue weighted by Crippen LogP contribution is 2.36. The molecule has 1 amide bonds. The first-order chi connectivity index (χ1) is 9.29. The van der Waals surface area contributed by atoms with Crippen LogP contribution >= 0.6 is 0 Å². The summed E-state index contributed by atoms with van der Waals surface area (Å²) < 4.78 is 0. The Labute approximate surface area is 116 Å². The number of aliphatic hydroxyl groups excluding tert-OH is 1. The molecule has 0 bridgehead atoms. The van der Waals surface area contributed by atoms with E-state index in [9.17, 15) is 0 Å². The third-order valence-electron chi connectivity index (χ3n) is 3.62. The van der Waals surface area contributed by atoms with E-state index in [1.165, 1.54) is 37.9 Å². The number of hydrogen-bond donors (Lipinski definition) is 3. The SMILES string of the molecule is CCC1(c2ccccc2)CCNCC1.CO.NC=O. The van der Waals surface area contributed by atoms with Crippen molar-refractivity contribution >= 4 is 6.41 Å². The average molecular weight is 266 g/mol. The van der Waals surface area contributed by atoms with E-state index in [-0.39, 0.29) is 6.41 Å². The second-order valence-corrected chi connectivity index (χ2v) is 4.39. The fraction of sp³-hybridized carbons (Fsp3) is 0.533. The highest BCUT2D eigenvalue weighted by molar-refractivity contribution is 5.42. The zero-order valence-corrected chi connectivity index (χ0v) is 11.9. The number of carbonyl (C=O) groups excluding carboxylic acids is 1. The largest absolute Gasteiger partial charge is 0.400 e. The smallest absolute Gasteiger partial charge is 0.204 e. The Balaban J connectivity index is 0.000000573. The molecule has 1 fully saturated rings. The third kappa shape index (κ3) is 5.41. The molecule has 4 N–H and O–H groups in total. The lowest BCUT2D eigenvalue weighted by atomic mass is 9.71. The number of piperidine rings is 1. The second-order valence-electron chi connectivity index (χ2n) is 4.39. The van der Waals surface area contributed by atoms with Crippen LogP contribution in [0.4, 0.5) is 0 Å². The molecule has 1 heterocycles. The molecule has 0 atom stereocenters. The molecule has 19 heavy (non-hydrogen) atoms. The number of aliphatic hydroxyl groups is 1. The van der Waals surface area contributed by atoms with Gasteiger partial charge in [0.15, 0.2) is 0 Å². The van der Waals surface area contributed by atoms with Crippen LogP contribution in [0, 0.1) is 0 Å². The minimum atomic E-state index is 0.250. The molecule has 108 valence electrons. The zero-order chi connectivity index (χ0) is 14.6. The molecule has 4 heteroatoms. The molecule has 0 spiro atoms. The van der Waals surface area contributed by atoms with Gasteiger partial charge in [0, 0.05) is 7.11 Å². The lowest BCUT2D eigenvalue weighted by Gasteiger charge is -2.37. The van der Waals surface area contributed by atoms with Crippen molar-refractivity contribution in [2.75, 3.05) is 20.2 Å². The number of primary amides is 1. The minimum Gasteiger partial charge on any atom is -0.400 e. The topological polar surface area (TPSA) is 75.3 Å². The van der Waals surface area contributed by atoms with Crippen LogP contribution in [0.1, 0.15) is 31.7 Å². The van der Waals surface area contributed by atoms with Crippen LogP contribution in [0.5, 0.6) is 0 Å². The summed E-state index contributed by atoms with van der Waals surface area (Å²) in [5, 5.41) is 10.4. The molecule has 1 aliphatic rings. The predicted octanol–water partition coefficient (Wildman–Crippen LogP) is 1.43. The molecule has 0 aromatic heterocycles. The maximum absolute atomic E-state index is 8.58. The fourth-order valence-corrected chi connectivity index (χ4v) is 2.54. The number of rotatable bonds is 2. The van der Waals surface area contributed by atoms with Gasteiger partial charge in [0.1, 0.15) is 0 Å². The van der Waals surface area contributed by atoms with Gasteiger partial charge in [-0.05, 0) is 43.3 Å². The highest BCUT2D eigenvalue weighted by atomic mass is 16.2. The Kier molecular flexibility index (Phi) is 9.75. The van der Waals surface area contributed by atoms with E-state index in [2.05, 4.69) is 48.3 Å². The Hall–Kier alpha value is -1.39. The lowest BCUT2D eigenvalue weighted by molar-refractivity contribution is -0.106. The van der Waals surface area contributed by atoms with Crippen molar-refractivity contribution in [2.45, 2.75) is 31.6 Å². The monoisotopic (exact) mass is 266 g/mol. The van der Waals surface area contributed by atoms with Gasteiger partial charge in [0.25, 0.3) is 0 Å². The van der Waals surface area contributed by atoms with Gasteiger partial charge < -0.3 is 16.2 Å². The van der Waals surface area contributed by atoms with Crippen LogP contribution in [0.3, 0.4) is 0 Å². The maximum atomic E-state index is 8.58. The molecule has 0 radical (unpaired) electrons. The fourth-order valence-electron chi connectivity index (χ4n) is 2.54. The van der Waals surface area contributed by atoms with Gasteiger partial charge >= 0.3 is 0 Å². The van der Waals surface area contributed by atoms with Crippen molar-refractivity contribution in [1.29, 1.82) is 0 Å². The molecular weight excluding hydrogens is 240 g/mol. The predicted molar refractivity (Wildman–Crippen MR) is 78.9 cm³/mol. The summed E-state index contributed by atoms with van der Waals surface area (Å²) in [6.45, 7) is 4.66. The molecule has 1 aromatic rings. The first-order valence-electron chi connectivity index (χ1n) is 6.65. The summed E-state index contributed by atoms with van der Waals surface area (Å²) >= 11 is 0. The molecule has 1 saturated heterocycles. The second kappa shape index (κ2) is 10.5. The van der Waals surface area contributed by atoms with Crippen molar-refractivity contribution in [3.63, 3.8) is 0 Å². The quantitative estimate of drug-likeness (QED) is 0.709. The molecule has 0 aliphatic carbocycles. The summed E-state index contributed by atoms with van der Waals surface area (Å²) in [7, 11) is 1.00. The van der Waals surface area contributed by atoms with Crippen molar-refractivity contribution in [2.24, 2.45) is 5.73 Å².